The molecule has 0 saturated carbocycles. The SMILES string of the molecule is CCCCc1nc(N)c2[nH]cc(CCCCCN3CC(F)C3)c2n1. The van der Waals surface area contributed by atoms with Gasteiger partial charge in [-0.3, -0.25) is 4.90 Å². The van der Waals surface area contributed by atoms with E-state index >= 15 is 0 Å². The summed E-state index contributed by atoms with van der Waals surface area (Å²) in [5.74, 6) is 1.40. The summed E-state index contributed by atoms with van der Waals surface area (Å²) in [5, 5.41) is 0. The number of rotatable bonds is 9. The Balaban J connectivity index is 1.53. The van der Waals surface area contributed by atoms with Crippen LogP contribution in [0.5, 0.6) is 0 Å². The number of anilines is 1. The fourth-order valence-corrected chi connectivity index (χ4v) is 3.28. The van der Waals surface area contributed by atoms with E-state index in [0.29, 0.717) is 18.9 Å². The van der Waals surface area contributed by atoms with Crippen molar-refractivity contribution >= 4 is 16.9 Å². The number of nitrogens with one attached hydrogen (secondary N) is 1. The molecule has 3 N–H and O–H groups in total. The average molecular weight is 333 g/mol. The summed E-state index contributed by atoms with van der Waals surface area (Å²) in [6.45, 7) is 4.43. The van der Waals surface area contributed by atoms with Gasteiger partial charge in [0, 0.05) is 25.7 Å². The van der Waals surface area contributed by atoms with Gasteiger partial charge in [-0.25, -0.2) is 14.4 Å². The quantitative estimate of drug-likeness (QED) is 0.691. The average Bonchev–Trinajstić information content (AvgIpc) is 2.94. The van der Waals surface area contributed by atoms with Crippen LogP contribution in [-0.4, -0.2) is 45.7 Å². The van der Waals surface area contributed by atoms with Crippen molar-refractivity contribution in [1.29, 1.82) is 0 Å². The predicted octanol–water partition coefficient (Wildman–Crippen LogP) is 3.25. The lowest BCUT2D eigenvalue weighted by Gasteiger charge is -2.34. The summed E-state index contributed by atoms with van der Waals surface area (Å²) < 4.78 is 12.8. The highest BCUT2D eigenvalue weighted by Gasteiger charge is 2.24. The highest BCUT2D eigenvalue weighted by Crippen LogP contribution is 2.23. The van der Waals surface area contributed by atoms with Crippen molar-refractivity contribution in [3.8, 4) is 0 Å². The second kappa shape index (κ2) is 7.92. The number of halogens is 1. The number of aromatic nitrogens is 3. The lowest BCUT2D eigenvalue weighted by molar-refractivity contribution is 0.0643. The van der Waals surface area contributed by atoms with Crippen LogP contribution >= 0.6 is 0 Å². The van der Waals surface area contributed by atoms with E-state index in [2.05, 4.69) is 21.8 Å². The largest absolute Gasteiger partial charge is 0.382 e. The highest BCUT2D eigenvalue weighted by atomic mass is 19.1. The van der Waals surface area contributed by atoms with Gasteiger partial charge in [0.1, 0.15) is 17.5 Å². The van der Waals surface area contributed by atoms with Crippen LogP contribution < -0.4 is 5.73 Å². The summed E-state index contributed by atoms with van der Waals surface area (Å²) in [5.41, 5.74) is 9.14. The summed E-state index contributed by atoms with van der Waals surface area (Å²) in [4.78, 5) is 14.5. The zero-order valence-corrected chi connectivity index (χ0v) is 14.5. The molecule has 5 nitrogen and oxygen atoms in total. The van der Waals surface area contributed by atoms with Gasteiger partial charge in [-0.2, -0.15) is 0 Å². The number of alkyl halides is 1. The molecule has 0 aromatic carbocycles. The van der Waals surface area contributed by atoms with Gasteiger partial charge in [0.05, 0.1) is 5.52 Å². The fourth-order valence-electron chi connectivity index (χ4n) is 3.28. The maximum Gasteiger partial charge on any atom is 0.151 e. The van der Waals surface area contributed by atoms with Gasteiger partial charge < -0.3 is 10.7 Å². The molecule has 2 aromatic heterocycles. The number of H-pyrrole nitrogens is 1. The van der Waals surface area contributed by atoms with Crippen molar-refractivity contribution in [2.45, 2.75) is 58.0 Å². The number of nitrogen functional groups attached to an aromatic ring is 1. The molecule has 0 aliphatic carbocycles. The molecule has 0 spiro atoms. The minimum atomic E-state index is -0.594. The number of fused-ring (bicyclic) bond motifs is 1. The number of nitrogens with zero attached hydrogens (tertiary/aromatic N) is 3. The summed E-state index contributed by atoms with van der Waals surface area (Å²) in [6, 6.07) is 0. The van der Waals surface area contributed by atoms with Gasteiger partial charge >= 0.3 is 0 Å². The molecule has 0 radical (unpaired) electrons. The van der Waals surface area contributed by atoms with Crippen LogP contribution in [0.2, 0.25) is 0 Å². The summed E-state index contributed by atoms with van der Waals surface area (Å²) in [6.07, 6.45) is 8.92. The third kappa shape index (κ3) is 4.04. The van der Waals surface area contributed by atoms with E-state index in [9.17, 15) is 4.39 Å². The van der Waals surface area contributed by atoms with Crippen molar-refractivity contribution in [2.24, 2.45) is 0 Å². The number of unbranched alkanes of at least 4 members (excludes halogenated alkanes) is 3. The number of nitrogens with two attached hydrogens (primary N) is 1. The van der Waals surface area contributed by atoms with Crippen LogP contribution in [0.15, 0.2) is 6.20 Å². The Bertz CT molecular complexity index is 663. The molecular formula is C18H28FN5. The first kappa shape index (κ1) is 17.1. The molecule has 1 aliphatic rings. The Labute approximate surface area is 142 Å². The molecule has 24 heavy (non-hydrogen) atoms. The molecule has 3 rings (SSSR count). The molecule has 1 aliphatic heterocycles. The van der Waals surface area contributed by atoms with Crippen molar-refractivity contribution in [3.63, 3.8) is 0 Å². The molecule has 2 aromatic rings. The highest BCUT2D eigenvalue weighted by molar-refractivity contribution is 5.87. The van der Waals surface area contributed by atoms with Crippen molar-refractivity contribution in [2.75, 3.05) is 25.4 Å². The topological polar surface area (TPSA) is 70.8 Å². The van der Waals surface area contributed by atoms with E-state index in [1.165, 1.54) is 5.56 Å². The maximum atomic E-state index is 12.8. The van der Waals surface area contributed by atoms with Crippen LogP contribution in [0.4, 0.5) is 10.2 Å². The Morgan fingerprint density at radius 3 is 2.79 bits per heavy atom. The number of hydrogen-bond donors (Lipinski definition) is 2. The van der Waals surface area contributed by atoms with Gasteiger partial charge in [-0.1, -0.05) is 19.8 Å². The molecule has 1 fully saturated rings. The normalized spacial score (nSPS) is 15.9. The lowest BCUT2D eigenvalue weighted by Crippen LogP contribution is -2.48. The minimum absolute atomic E-state index is 0.552. The first-order valence-electron chi connectivity index (χ1n) is 9.16. The Hall–Kier alpha value is -1.69. The number of hydrogen-bond acceptors (Lipinski definition) is 4. The number of aromatic amines is 1. The second-order valence-corrected chi connectivity index (χ2v) is 6.83. The van der Waals surface area contributed by atoms with E-state index < -0.39 is 6.17 Å². The molecule has 1 saturated heterocycles. The molecule has 0 atom stereocenters. The van der Waals surface area contributed by atoms with E-state index in [0.717, 1.165) is 68.3 Å². The molecule has 0 bridgehead atoms. The maximum absolute atomic E-state index is 12.8. The fraction of sp³-hybridized carbons (Fsp3) is 0.667. The molecule has 3 heterocycles. The lowest BCUT2D eigenvalue weighted by atomic mass is 10.1. The van der Waals surface area contributed by atoms with Crippen molar-refractivity contribution in [1.82, 2.24) is 19.9 Å². The van der Waals surface area contributed by atoms with Gasteiger partial charge in [-0.05, 0) is 37.8 Å². The Morgan fingerprint density at radius 1 is 1.21 bits per heavy atom. The zero-order chi connectivity index (χ0) is 16.9. The number of aryl methyl sites for hydroxylation is 2. The van der Waals surface area contributed by atoms with Gasteiger partial charge in [0.15, 0.2) is 5.82 Å². The minimum Gasteiger partial charge on any atom is -0.382 e. The monoisotopic (exact) mass is 333 g/mol. The third-order valence-electron chi connectivity index (χ3n) is 4.77. The standard InChI is InChI=1S/C18H28FN5/c1-2-3-8-15-22-16-13(10-21-17(16)18(20)23-15)7-5-4-6-9-24-11-14(19)12-24/h10,14,21H,2-9,11-12H2,1H3,(H2,20,22,23). The summed E-state index contributed by atoms with van der Waals surface area (Å²) >= 11 is 0. The second-order valence-electron chi connectivity index (χ2n) is 6.83. The van der Waals surface area contributed by atoms with Crippen LogP contribution in [-0.2, 0) is 12.8 Å². The smallest absolute Gasteiger partial charge is 0.151 e. The van der Waals surface area contributed by atoms with E-state index in [1.807, 2.05) is 6.20 Å². The van der Waals surface area contributed by atoms with Gasteiger partial charge in [0.25, 0.3) is 0 Å². The first-order chi connectivity index (χ1) is 11.7. The Kier molecular flexibility index (Phi) is 5.66. The summed E-state index contributed by atoms with van der Waals surface area (Å²) in [7, 11) is 0. The predicted molar refractivity (Wildman–Crippen MR) is 95.8 cm³/mol. The number of likely N-dealkylation sites (tertiary alicyclic amines) is 1. The van der Waals surface area contributed by atoms with E-state index in [-0.39, 0.29) is 0 Å². The van der Waals surface area contributed by atoms with Crippen LogP contribution in [0.1, 0.15) is 50.4 Å². The van der Waals surface area contributed by atoms with E-state index in [4.69, 9.17) is 10.7 Å². The van der Waals surface area contributed by atoms with Crippen LogP contribution in [0.25, 0.3) is 11.0 Å². The van der Waals surface area contributed by atoms with Crippen molar-refractivity contribution < 1.29 is 4.39 Å². The first-order valence-corrected chi connectivity index (χ1v) is 9.16. The van der Waals surface area contributed by atoms with Crippen LogP contribution in [0.3, 0.4) is 0 Å². The molecule has 0 unspecified atom stereocenters. The molecule has 6 heteroatoms. The van der Waals surface area contributed by atoms with Crippen molar-refractivity contribution in [3.05, 3.63) is 17.6 Å². The molecular weight excluding hydrogens is 305 g/mol. The van der Waals surface area contributed by atoms with Gasteiger partial charge in [-0.15, -0.1) is 0 Å². The van der Waals surface area contributed by atoms with E-state index in [1.54, 1.807) is 0 Å². The molecule has 0 amide bonds. The Morgan fingerprint density at radius 2 is 2.04 bits per heavy atom. The third-order valence-corrected chi connectivity index (χ3v) is 4.77. The molecule has 132 valence electrons. The zero-order valence-electron chi connectivity index (χ0n) is 14.5. The van der Waals surface area contributed by atoms with Gasteiger partial charge in [0.2, 0.25) is 0 Å². The van der Waals surface area contributed by atoms with Crippen LogP contribution in [0, 0.1) is 0 Å².